The van der Waals surface area contributed by atoms with Crippen LogP contribution >= 0.6 is 15.9 Å². The molecule has 1 aliphatic heterocycles. The van der Waals surface area contributed by atoms with Gasteiger partial charge in [-0.05, 0) is 34.3 Å². The standard InChI is InChI=1S/C15H21BrN4O5/c1-23-13-11-14(24-2)15(25-3,5-4-6-18-19-17)10(21)8-20(11)7-9(16)12(13)22/h7,10,14,21H,4-6,8H2,1-3H3. The van der Waals surface area contributed by atoms with Crippen LogP contribution in [0.5, 0.6) is 5.75 Å². The van der Waals surface area contributed by atoms with Crippen molar-refractivity contribution >= 4 is 15.9 Å². The van der Waals surface area contributed by atoms with E-state index in [1.54, 1.807) is 10.8 Å². The van der Waals surface area contributed by atoms with Crippen molar-refractivity contribution in [3.63, 3.8) is 0 Å². The first-order valence-electron chi connectivity index (χ1n) is 7.70. The summed E-state index contributed by atoms with van der Waals surface area (Å²) in [5.74, 6) is 0.143. The van der Waals surface area contributed by atoms with Gasteiger partial charge in [0.2, 0.25) is 5.43 Å². The summed E-state index contributed by atoms with van der Waals surface area (Å²) in [6, 6.07) is 0. The number of nitrogens with zero attached hydrogens (tertiary/aromatic N) is 4. The highest BCUT2D eigenvalue weighted by Crippen LogP contribution is 2.45. The van der Waals surface area contributed by atoms with Crippen LogP contribution in [0.2, 0.25) is 0 Å². The zero-order chi connectivity index (χ0) is 18.6. The van der Waals surface area contributed by atoms with E-state index >= 15 is 0 Å². The van der Waals surface area contributed by atoms with E-state index in [1.165, 1.54) is 21.3 Å². The fourth-order valence-electron chi connectivity index (χ4n) is 3.41. The molecule has 25 heavy (non-hydrogen) atoms. The number of hydrogen-bond donors (Lipinski definition) is 1. The van der Waals surface area contributed by atoms with Gasteiger partial charge in [-0.2, -0.15) is 0 Å². The Labute approximate surface area is 153 Å². The molecule has 10 heteroatoms. The van der Waals surface area contributed by atoms with Crippen LogP contribution in [0.4, 0.5) is 0 Å². The molecular weight excluding hydrogens is 396 g/mol. The van der Waals surface area contributed by atoms with Gasteiger partial charge in [0.05, 0.1) is 23.8 Å². The summed E-state index contributed by atoms with van der Waals surface area (Å²) in [5.41, 5.74) is 7.54. The Morgan fingerprint density at radius 2 is 2.24 bits per heavy atom. The lowest BCUT2D eigenvalue weighted by Gasteiger charge is -2.47. The molecule has 1 aromatic heterocycles. The molecule has 0 amide bonds. The fraction of sp³-hybridized carbons (Fsp3) is 0.667. The van der Waals surface area contributed by atoms with E-state index in [4.69, 9.17) is 19.7 Å². The molecule has 3 atom stereocenters. The molecule has 2 heterocycles. The van der Waals surface area contributed by atoms with Crippen molar-refractivity contribution in [2.75, 3.05) is 27.9 Å². The number of aliphatic hydroxyl groups excluding tert-OH is 1. The molecular formula is C15H21BrN4O5. The maximum absolute atomic E-state index is 12.4. The van der Waals surface area contributed by atoms with Crippen LogP contribution in [0.25, 0.3) is 10.4 Å². The normalized spacial score (nSPS) is 25.2. The van der Waals surface area contributed by atoms with Crippen LogP contribution in [-0.4, -0.2) is 49.3 Å². The summed E-state index contributed by atoms with van der Waals surface area (Å²) in [5, 5.41) is 14.3. The van der Waals surface area contributed by atoms with Gasteiger partial charge in [-0.3, -0.25) is 4.79 Å². The summed E-state index contributed by atoms with van der Waals surface area (Å²) in [6.07, 6.45) is 0.867. The summed E-state index contributed by atoms with van der Waals surface area (Å²) in [4.78, 5) is 15.1. The van der Waals surface area contributed by atoms with Crippen LogP contribution in [-0.2, 0) is 16.0 Å². The maximum atomic E-state index is 12.4. The van der Waals surface area contributed by atoms with Gasteiger partial charge < -0.3 is 23.9 Å². The predicted molar refractivity (Wildman–Crippen MR) is 93.7 cm³/mol. The van der Waals surface area contributed by atoms with Crippen LogP contribution in [0.3, 0.4) is 0 Å². The third-order valence-corrected chi connectivity index (χ3v) is 5.13. The number of aromatic nitrogens is 1. The van der Waals surface area contributed by atoms with Gasteiger partial charge in [0.25, 0.3) is 0 Å². The highest BCUT2D eigenvalue weighted by atomic mass is 79.9. The molecule has 0 aromatic carbocycles. The van der Waals surface area contributed by atoms with E-state index in [1.807, 2.05) is 0 Å². The monoisotopic (exact) mass is 416 g/mol. The molecule has 1 N–H and O–H groups in total. The number of methoxy groups -OCH3 is 3. The molecule has 0 radical (unpaired) electrons. The minimum absolute atomic E-state index is 0.143. The maximum Gasteiger partial charge on any atom is 0.237 e. The number of fused-ring (bicyclic) bond motifs is 1. The predicted octanol–water partition coefficient (Wildman–Crippen LogP) is 2.16. The lowest BCUT2D eigenvalue weighted by molar-refractivity contribution is -0.199. The van der Waals surface area contributed by atoms with Crippen LogP contribution < -0.4 is 10.2 Å². The number of ether oxygens (including phenoxy) is 3. The van der Waals surface area contributed by atoms with Crippen molar-refractivity contribution in [1.29, 1.82) is 0 Å². The van der Waals surface area contributed by atoms with Crippen LogP contribution in [0.1, 0.15) is 24.6 Å². The van der Waals surface area contributed by atoms with Gasteiger partial charge in [-0.15, -0.1) is 0 Å². The van der Waals surface area contributed by atoms with Gasteiger partial charge in [-0.25, -0.2) is 0 Å². The first kappa shape index (κ1) is 19.7. The van der Waals surface area contributed by atoms with E-state index < -0.39 is 17.8 Å². The molecule has 0 fully saturated rings. The smallest absolute Gasteiger partial charge is 0.237 e. The Morgan fingerprint density at radius 1 is 1.52 bits per heavy atom. The third kappa shape index (κ3) is 3.40. The first-order valence-corrected chi connectivity index (χ1v) is 8.49. The summed E-state index contributed by atoms with van der Waals surface area (Å²) in [7, 11) is 4.39. The number of halogens is 1. The Morgan fingerprint density at radius 3 is 2.80 bits per heavy atom. The van der Waals surface area contributed by atoms with Gasteiger partial charge in [0.1, 0.15) is 17.8 Å². The van der Waals surface area contributed by atoms with Crippen molar-refractivity contribution in [3.05, 3.63) is 37.0 Å². The zero-order valence-electron chi connectivity index (χ0n) is 14.3. The second-order valence-electron chi connectivity index (χ2n) is 5.73. The number of pyridine rings is 1. The fourth-order valence-corrected chi connectivity index (χ4v) is 3.84. The molecule has 1 aromatic rings. The van der Waals surface area contributed by atoms with Gasteiger partial charge in [-0.1, -0.05) is 5.11 Å². The van der Waals surface area contributed by atoms with Crippen molar-refractivity contribution < 1.29 is 19.3 Å². The van der Waals surface area contributed by atoms with Crippen molar-refractivity contribution in [3.8, 4) is 5.75 Å². The SMILES string of the molecule is COc1c2n(cc(Br)c1=O)CC(O)C(CCCN=[N+]=[N-])(OC)C2OC. The second-order valence-corrected chi connectivity index (χ2v) is 6.58. The highest BCUT2D eigenvalue weighted by molar-refractivity contribution is 9.10. The molecule has 0 saturated carbocycles. The van der Waals surface area contributed by atoms with Crippen molar-refractivity contribution in [1.82, 2.24) is 4.57 Å². The summed E-state index contributed by atoms with van der Waals surface area (Å²) in [6.45, 7) is 0.481. The summed E-state index contributed by atoms with van der Waals surface area (Å²) >= 11 is 3.22. The molecule has 138 valence electrons. The highest BCUT2D eigenvalue weighted by Gasteiger charge is 2.52. The molecule has 1 aliphatic rings. The largest absolute Gasteiger partial charge is 0.491 e. The third-order valence-electron chi connectivity index (χ3n) is 4.57. The number of aliphatic hydroxyl groups is 1. The number of azide groups is 1. The second kappa shape index (κ2) is 8.20. The van der Waals surface area contributed by atoms with E-state index in [-0.39, 0.29) is 24.3 Å². The topological polar surface area (TPSA) is 119 Å². The molecule has 0 aliphatic carbocycles. The van der Waals surface area contributed by atoms with Crippen LogP contribution in [0, 0.1) is 0 Å². The van der Waals surface area contributed by atoms with Crippen molar-refractivity contribution in [2.45, 2.75) is 37.2 Å². The average molecular weight is 417 g/mol. The lowest BCUT2D eigenvalue weighted by atomic mass is 9.80. The van der Waals surface area contributed by atoms with Crippen LogP contribution in [0.15, 0.2) is 20.6 Å². The quantitative estimate of drug-likeness (QED) is 0.316. The Kier molecular flexibility index (Phi) is 6.47. The van der Waals surface area contributed by atoms with E-state index in [2.05, 4.69) is 26.0 Å². The van der Waals surface area contributed by atoms with E-state index in [0.717, 1.165) is 0 Å². The van der Waals surface area contributed by atoms with Gasteiger partial charge >= 0.3 is 0 Å². The zero-order valence-corrected chi connectivity index (χ0v) is 15.9. The Balaban J connectivity index is 2.57. The van der Waals surface area contributed by atoms with E-state index in [9.17, 15) is 9.90 Å². The molecule has 0 saturated heterocycles. The molecule has 0 bridgehead atoms. The number of hydrogen-bond acceptors (Lipinski definition) is 6. The van der Waals surface area contributed by atoms with Gasteiger partial charge in [0, 0.05) is 31.9 Å². The number of rotatable bonds is 7. The minimum atomic E-state index is -1.09. The molecule has 0 spiro atoms. The average Bonchev–Trinajstić information content (AvgIpc) is 2.60. The Bertz CT molecular complexity index is 733. The molecule has 2 rings (SSSR count). The van der Waals surface area contributed by atoms with Crippen molar-refractivity contribution in [2.24, 2.45) is 5.11 Å². The first-order chi connectivity index (χ1) is 12.0. The summed E-state index contributed by atoms with van der Waals surface area (Å²) < 4.78 is 18.7. The molecule has 9 nitrogen and oxygen atoms in total. The minimum Gasteiger partial charge on any atom is -0.491 e. The van der Waals surface area contributed by atoms with E-state index in [0.29, 0.717) is 23.0 Å². The molecule has 3 unspecified atom stereocenters. The van der Waals surface area contributed by atoms with Gasteiger partial charge in [0.15, 0.2) is 5.75 Å². The lowest BCUT2D eigenvalue weighted by Crippen LogP contribution is -2.56. The Hall–Kier alpha value is -1.58.